The van der Waals surface area contributed by atoms with Crippen LogP contribution in [-0.2, 0) is 23.0 Å². The number of hydrogen-bond acceptors (Lipinski definition) is 7. The van der Waals surface area contributed by atoms with Gasteiger partial charge in [-0.05, 0) is 36.6 Å². The van der Waals surface area contributed by atoms with E-state index in [9.17, 15) is 4.79 Å². The van der Waals surface area contributed by atoms with Crippen molar-refractivity contribution in [3.05, 3.63) is 48.2 Å². The number of piperazine rings is 2. The van der Waals surface area contributed by atoms with E-state index in [0.717, 1.165) is 80.5 Å². The maximum absolute atomic E-state index is 13.1. The molecule has 1 unspecified atom stereocenters. The van der Waals surface area contributed by atoms with Gasteiger partial charge in [0.05, 0.1) is 12.5 Å². The van der Waals surface area contributed by atoms with Crippen molar-refractivity contribution in [1.29, 1.82) is 0 Å². The third-order valence-electron chi connectivity index (χ3n) is 8.10. The van der Waals surface area contributed by atoms with Crippen molar-refractivity contribution in [3.8, 4) is 0 Å². The number of benzene rings is 1. The number of rotatable bonds is 6. The zero-order valence-corrected chi connectivity index (χ0v) is 21.8. The van der Waals surface area contributed by atoms with Crippen molar-refractivity contribution in [2.45, 2.75) is 25.4 Å². The number of carbonyl (C=O) groups excluding carboxylic acids is 1. The molecule has 1 aromatic carbocycles. The van der Waals surface area contributed by atoms with E-state index in [4.69, 9.17) is 4.74 Å². The highest BCUT2D eigenvalue weighted by Crippen LogP contribution is 2.23. The fourth-order valence-electron chi connectivity index (χ4n) is 5.92. The first-order valence-electron chi connectivity index (χ1n) is 13.6. The molecule has 0 aliphatic carbocycles. The lowest BCUT2D eigenvalue weighted by Gasteiger charge is -2.37. The van der Waals surface area contributed by atoms with Gasteiger partial charge in [-0.1, -0.05) is 18.2 Å². The Bertz CT molecular complexity index is 1200. The van der Waals surface area contributed by atoms with Gasteiger partial charge in [0.2, 0.25) is 5.91 Å². The molecule has 37 heavy (non-hydrogen) atoms. The van der Waals surface area contributed by atoms with E-state index in [-0.39, 0.29) is 5.91 Å². The first-order valence-corrected chi connectivity index (χ1v) is 13.6. The van der Waals surface area contributed by atoms with Crippen LogP contribution >= 0.6 is 0 Å². The van der Waals surface area contributed by atoms with Crippen molar-refractivity contribution < 1.29 is 9.53 Å². The van der Waals surface area contributed by atoms with Crippen LogP contribution in [0, 0.1) is 0 Å². The lowest BCUT2D eigenvalue weighted by molar-refractivity contribution is -0.130. The first kappa shape index (κ1) is 24.2. The minimum Gasteiger partial charge on any atom is -0.377 e. The van der Waals surface area contributed by atoms with Crippen molar-refractivity contribution in [3.63, 3.8) is 0 Å². The molecule has 0 saturated carbocycles. The molecular weight excluding hydrogens is 466 g/mol. The standard InChI is InChI=1S/C28H37N7O2/c1-31-20-22(24-6-2-3-7-25(24)31)19-28(36)35-16-14-34(15-17-35)27-9-8-26(29-30-27)33-12-10-32(11-13-33)21-23-5-4-18-37-23/h2-3,6-9,20,23H,4-5,10-19,21H2,1H3. The van der Waals surface area contributed by atoms with Crippen LogP contribution in [0.4, 0.5) is 11.6 Å². The second-order valence-corrected chi connectivity index (χ2v) is 10.5. The van der Waals surface area contributed by atoms with E-state index in [0.29, 0.717) is 25.6 Å². The Morgan fingerprint density at radius 1 is 0.919 bits per heavy atom. The molecule has 1 amide bonds. The molecule has 3 aromatic rings. The number of ether oxygens (including phenoxy) is 1. The Balaban J connectivity index is 0.988. The predicted octanol–water partition coefficient (Wildman–Crippen LogP) is 2.16. The van der Waals surface area contributed by atoms with Gasteiger partial charge in [-0.3, -0.25) is 9.69 Å². The Morgan fingerprint density at radius 2 is 1.59 bits per heavy atom. The maximum atomic E-state index is 13.1. The first-order chi connectivity index (χ1) is 18.1. The molecule has 196 valence electrons. The quantitative estimate of drug-likeness (QED) is 0.511. The Labute approximate surface area is 218 Å². The van der Waals surface area contributed by atoms with Gasteiger partial charge in [0.15, 0.2) is 11.6 Å². The van der Waals surface area contributed by atoms with Gasteiger partial charge in [0.25, 0.3) is 0 Å². The van der Waals surface area contributed by atoms with Crippen molar-refractivity contribution in [1.82, 2.24) is 24.6 Å². The van der Waals surface area contributed by atoms with E-state index >= 15 is 0 Å². The molecule has 2 aromatic heterocycles. The summed E-state index contributed by atoms with van der Waals surface area (Å²) in [5, 5.41) is 10.3. The smallest absolute Gasteiger partial charge is 0.227 e. The second kappa shape index (κ2) is 10.7. The number of nitrogens with zero attached hydrogens (tertiary/aromatic N) is 7. The van der Waals surface area contributed by atoms with E-state index in [1.54, 1.807) is 0 Å². The molecule has 9 nitrogen and oxygen atoms in total. The molecule has 0 bridgehead atoms. The number of aryl methyl sites for hydroxylation is 1. The highest BCUT2D eigenvalue weighted by molar-refractivity contribution is 5.89. The summed E-state index contributed by atoms with van der Waals surface area (Å²) in [5.74, 6) is 2.03. The number of fused-ring (bicyclic) bond motifs is 1. The van der Waals surface area contributed by atoms with Crippen LogP contribution in [0.1, 0.15) is 18.4 Å². The summed E-state index contributed by atoms with van der Waals surface area (Å²) in [6.45, 7) is 8.96. The molecule has 3 aliphatic heterocycles. The van der Waals surface area contributed by atoms with Crippen LogP contribution in [0.25, 0.3) is 10.9 Å². The Hall–Kier alpha value is -3.17. The number of amides is 1. The Morgan fingerprint density at radius 3 is 2.24 bits per heavy atom. The SMILES string of the molecule is Cn1cc(CC(=O)N2CCN(c3ccc(N4CCN(CC5CCCO5)CC4)nn3)CC2)c2ccccc21. The molecule has 0 spiro atoms. The van der Waals surface area contributed by atoms with Gasteiger partial charge in [-0.25, -0.2) is 0 Å². The summed E-state index contributed by atoms with van der Waals surface area (Å²) < 4.78 is 7.90. The van der Waals surface area contributed by atoms with Gasteiger partial charge < -0.3 is 24.0 Å². The highest BCUT2D eigenvalue weighted by Gasteiger charge is 2.25. The average Bonchev–Trinajstić information content (AvgIpc) is 3.57. The number of carbonyl (C=O) groups is 1. The van der Waals surface area contributed by atoms with E-state index < -0.39 is 0 Å². The van der Waals surface area contributed by atoms with Crippen LogP contribution < -0.4 is 9.80 Å². The van der Waals surface area contributed by atoms with Gasteiger partial charge in [0, 0.05) is 89.7 Å². The third-order valence-corrected chi connectivity index (χ3v) is 8.10. The normalized spacial score (nSPS) is 21.2. The van der Waals surface area contributed by atoms with Gasteiger partial charge in [-0.15, -0.1) is 10.2 Å². The lowest BCUT2D eigenvalue weighted by Crippen LogP contribution is -2.49. The molecule has 9 heteroatoms. The summed E-state index contributed by atoms with van der Waals surface area (Å²) >= 11 is 0. The molecule has 5 heterocycles. The minimum atomic E-state index is 0.191. The van der Waals surface area contributed by atoms with Gasteiger partial charge in [0.1, 0.15) is 0 Å². The third kappa shape index (κ3) is 5.29. The summed E-state index contributed by atoms with van der Waals surface area (Å²) in [6, 6.07) is 12.4. The molecule has 3 saturated heterocycles. The fourth-order valence-corrected chi connectivity index (χ4v) is 5.92. The summed E-state index contributed by atoms with van der Waals surface area (Å²) in [6.07, 6.45) is 5.33. The molecule has 0 radical (unpaired) electrons. The second-order valence-electron chi connectivity index (χ2n) is 10.5. The van der Waals surface area contributed by atoms with Crippen molar-refractivity contribution in [2.75, 3.05) is 75.3 Å². The monoisotopic (exact) mass is 503 g/mol. The lowest BCUT2D eigenvalue weighted by atomic mass is 10.1. The minimum absolute atomic E-state index is 0.191. The van der Waals surface area contributed by atoms with E-state index in [1.807, 2.05) is 24.1 Å². The van der Waals surface area contributed by atoms with Crippen LogP contribution in [0.3, 0.4) is 0 Å². The zero-order valence-electron chi connectivity index (χ0n) is 21.8. The van der Waals surface area contributed by atoms with E-state index in [1.165, 1.54) is 12.8 Å². The van der Waals surface area contributed by atoms with E-state index in [2.05, 4.69) is 59.9 Å². The topological polar surface area (TPSA) is 70.0 Å². The van der Waals surface area contributed by atoms with Crippen molar-refractivity contribution in [2.24, 2.45) is 7.05 Å². The molecule has 1 atom stereocenters. The van der Waals surface area contributed by atoms with Crippen LogP contribution in [0.2, 0.25) is 0 Å². The maximum Gasteiger partial charge on any atom is 0.227 e. The van der Waals surface area contributed by atoms with Crippen LogP contribution in [-0.4, -0.2) is 102 Å². The van der Waals surface area contributed by atoms with Crippen LogP contribution in [0.5, 0.6) is 0 Å². The molecule has 3 aliphatic rings. The molecule has 0 N–H and O–H groups in total. The van der Waals surface area contributed by atoms with Crippen LogP contribution in [0.15, 0.2) is 42.6 Å². The molecular formula is C28H37N7O2. The fraction of sp³-hybridized carbons (Fsp3) is 0.536. The number of aromatic nitrogens is 3. The zero-order chi connectivity index (χ0) is 25.2. The molecule has 3 fully saturated rings. The number of para-hydroxylation sites is 1. The molecule has 6 rings (SSSR count). The number of hydrogen-bond donors (Lipinski definition) is 0. The summed E-state index contributed by atoms with van der Waals surface area (Å²) in [5.41, 5.74) is 2.26. The summed E-state index contributed by atoms with van der Waals surface area (Å²) in [4.78, 5) is 22.1. The van der Waals surface area contributed by atoms with Gasteiger partial charge >= 0.3 is 0 Å². The summed E-state index contributed by atoms with van der Waals surface area (Å²) in [7, 11) is 2.04. The Kier molecular flexibility index (Phi) is 6.97. The largest absolute Gasteiger partial charge is 0.377 e. The number of anilines is 2. The van der Waals surface area contributed by atoms with Gasteiger partial charge in [-0.2, -0.15) is 0 Å². The average molecular weight is 504 g/mol. The van der Waals surface area contributed by atoms with Crippen molar-refractivity contribution >= 4 is 28.4 Å². The predicted molar refractivity (Wildman–Crippen MR) is 145 cm³/mol. The highest BCUT2D eigenvalue weighted by atomic mass is 16.5.